The van der Waals surface area contributed by atoms with Gasteiger partial charge in [0.15, 0.2) is 0 Å². The van der Waals surface area contributed by atoms with E-state index in [0.717, 1.165) is 12.1 Å². The van der Waals surface area contributed by atoms with Crippen LogP contribution >= 0.6 is 24.8 Å². The average Bonchev–Trinajstić information content (AvgIpc) is 2.16. The van der Waals surface area contributed by atoms with Crippen LogP contribution in [0.3, 0.4) is 0 Å². The molecule has 0 aromatic heterocycles. The normalized spacial score (nSPS) is 9.20. The molecule has 0 atom stereocenters. The van der Waals surface area contributed by atoms with Crippen LogP contribution in [0.5, 0.6) is 0 Å². The molecular formula is C11H17NOS2. The van der Waals surface area contributed by atoms with Crippen molar-refractivity contribution in [2.75, 3.05) is 5.32 Å². The first-order chi connectivity index (χ1) is 6.74. The molecule has 84 valence electrons. The molecule has 0 fully saturated rings. The summed E-state index contributed by atoms with van der Waals surface area (Å²) in [6, 6.07) is 8.22. The number of benzene rings is 1. The van der Waals surface area contributed by atoms with Crippen molar-refractivity contribution in [3.8, 4) is 0 Å². The fraction of sp³-hybridized carbons (Fsp3) is 0.364. The van der Waals surface area contributed by atoms with Gasteiger partial charge in [-0.05, 0) is 24.5 Å². The van der Waals surface area contributed by atoms with E-state index in [1.54, 1.807) is 0 Å². The van der Waals surface area contributed by atoms with Gasteiger partial charge in [0.2, 0.25) is 0 Å². The van der Waals surface area contributed by atoms with Gasteiger partial charge in [0.05, 0.1) is 0 Å². The number of thiocarbonyl (C=S) groups is 1. The van der Waals surface area contributed by atoms with Crippen LogP contribution < -0.4 is 5.32 Å². The van der Waals surface area contributed by atoms with E-state index in [0.29, 0.717) is 4.32 Å². The number of aryl methyl sites for hydroxylation is 1. The maximum absolute atomic E-state index is 4.90. The molecule has 0 heterocycles. The third-order valence-corrected chi connectivity index (χ3v) is 2.27. The van der Waals surface area contributed by atoms with Gasteiger partial charge in [-0.1, -0.05) is 43.8 Å². The van der Waals surface area contributed by atoms with Gasteiger partial charge in [0.1, 0.15) is 4.32 Å². The maximum atomic E-state index is 4.90. The van der Waals surface area contributed by atoms with Crippen LogP contribution in [-0.2, 0) is 6.42 Å². The summed E-state index contributed by atoms with van der Waals surface area (Å²) in [7, 11) is 0. The standard InChI is InChI=1S/C11H15NS2.H2O/c1-2-3-6-9-7-4-5-8-10(9)12-11(13)14;/h4-5,7-8H,2-3,6H2,1H3,(H2,12,13,14);1H2. The van der Waals surface area contributed by atoms with Crippen molar-refractivity contribution in [1.29, 1.82) is 0 Å². The summed E-state index contributed by atoms with van der Waals surface area (Å²) in [6.45, 7) is 2.19. The van der Waals surface area contributed by atoms with Crippen LogP contribution in [0.2, 0.25) is 0 Å². The van der Waals surface area contributed by atoms with Crippen LogP contribution in [0, 0.1) is 0 Å². The Kier molecular flexibility index (Phi) is 7.38. The molecule has 0 aliphatic heterocycles. The third kappa shape index (κ3) is 5.16. The number of thiol groups is 1. The molecule has 1 aromatic carbocycles. The van der Waals surface area contributed by atoms with Gasteiger partial charge in [-0.3, -0.25) is 0 Å². The molecule has 0 aliphatic rings. The van der Waals surface area contributed by atoms with E-state index in [9.17, 15) is 0 Å². The number of unbranched alkanes of at least 4 members (excludes halogenated alkanes) is 1. The second kappa shape index (κ2) is 7.68. The highest BCUT2D eigenvalue weighted by Crippen LogP contribution is 2.17. The second-order valence-corrected chi connectivity index (χ2v) is 4.35. The fourth-order valence-electron chi connectivity index (χ4n) is 1.34. The Labute approximate surface area is 102 Å². The maximum Gasteiger partial charge on any atom is 0.135 e. The van der Waals surface area contributed by atoms with Crippen LogP contribution in [0.1, 0.15) is 25.3 Å². The van der Waals surface area contributed by atoms with Crippen molar-refractivity contribution in [3.05, 3.63) is 29.8 Å². The number of hydrogen-bond donors (Lipinski definition) is 2. The van der Waals surface area contributed by atoms with Crippen LogP contribution in [0.4, 0.5) is 5.69 Å². The monoisotopic (exact) mass is 243 g/mol. The Balaban J connectivity index is 0.00000196. The van der Waals surface area contributed by atoms with E-state index in [1.165, 1.54) is 18.4 Å². The van der Waals surface area contributed by atoms with E-state index in [2.05, 4.69) is 37.0 Å². The molecule has 1 aromatic rings. The molecule has 3 N–H and O–H groups in total. The minimum atomic E-state index is 0. The highest BCUT2D eigenvalue weighted by atomic mass is 32.1. The van der Waals surface area contributed by atoms with Crippen molar-refractivity contribution in [2.45, 2.75) is 26.2 Å². The SMILES string of the molecule is CCCCc1ccccc1NC(=S)S.O. The Morgan fingerprint density at radius 3 is 2.67 bits per heavy atom. The lowest BCUT2D eigenvalue weighted by Crippen LogP contribution is -2.03. The van der Waals surface area contributed by atoms with Crippen molar-refractivity contribution in [3.63, 3.8) is 0 Å². The molecule has 0 saturated carbocycles. The summed E-state index contributed by atoms with van der Waals surface area (Å²) in [4.78, 5) is 0. The summed E-state index contributed by atoms with van der Waals surface area (Å²) in [5.74, 6) is 0. The summed E-state index contributed by atoms with van der Waals surface area (Å²) in [5.41, 5.74) is 2.40. The summed E-state index contributed by atoms with van der Waals surface area (Å²) in [6.07, 6.45) is 3.51. The quantitative estimate of drug-likeness (QED) is 0.631. The number of rotatable bonds is 4. The second-order valence-electron chi connectivity index (χ2n) is 3.19. The Morgan fingerprint density at radius 2 is 2.07 bits per heavy atom. The molecule has 2 nitrogen and oxygen atoms in total. The van der Waals surface area contributed by atoms with Gasteiger partial charge < -0.3 is 10.8 Å². The van der Waals surface area contributed by atoms with Crippen molar-refractivity contribution < 1.29 is 5.48 Å². The van der Waals surface area contributed by atoms with E-state index in [4.69, 9.17) is 12.2 Å². The zero-order valence-electron chi connectivity index (χ0n) is 8.79. The number of para-hydroxylation sites is 1. The van der Waals surface area contributed by atoms with E-state index in [1.807, 2.05) is 12.1 Å². The smallest absolute Gasteiger partial charge is 0.135 e. The zero-order valence-corrected chi connectivity index (χ0v) is 10.5. The molecule has 4 heteroatoms. The first kappa shape index (κ1) is 14.4. The lowest BCUT2D eigenvalue weighted by Gasteiger charge is -2.09. The Hall–Kier alpha value is -0.580. The first-order valence-corrected chi connectivity index (χ1v) is 5.67. The predicted octanol–water partition coefficient (Wildman–Crippen LogP) is 2.83. The summed E-state index contributed by atoms with van der Waals surface area (Å²) in [5, 5.41) is 3.08. The summed E-state index contributed by atoms with van der Waals surface area (Å²) < 4.78 is 0.522. The minimum absolute atomic E-state index is 0. The molecule has 0 spiro atoms. The molecule has 0 saturated heterocycles. The van der Waals surface area contributed by atoms with Gasteiger partial charge in [0.25, 0.3) is 0 Å². The van der Waals surface area contributed by atoms with Crippen molar-refractivity contribution in [1.82, 2.24) is 0 Å². The molecule has 1 rings (SSSR count). The largest absolute Gasteiger partial charge is 0.412 e. The number of hydrogen-bond acceptors (Lipinski definition) is 1. The van der Waals surface area contributed by atoms with E-state index < -0.39 is 0 Å². The molecule has 15 heavy (non-hydrogen) atoms. The van der Waals surface area contributed by atoms with Gasteiger partial charge in [-0.2, -0.15) is 0 Å². The summed E-state index contributed by atoms with van der Waals surface area (Å²) >= 11 is 8.97. The zero-order chi connectivity index (χ0) is 10.4. The van der Waals surface area contributed by atoms with E-state index >= 15 is 0 Å². The van der Waals surface area contributed by atoms with Crippen LogP contribution in [-0.4, -0.2) is 9.80 Å². The Morgan fingerprint density at radius 1 is 1.40 bits per heavy atom. The number of nitrogens with one attached hydrogen (secondary N) is 1. The van der Waals surface area contributed by atoms with Gasteiger partial charge in [-0.25, -0.2) is 0 Å². The van der Waals surface area contributed by atoms with Gasteiger partial charge in [-0.15, -0.1) is 12.6 Å². The molecule has 0 amide bonds. The van der Waals surface area contributed by atoms with Crippen molar-refractivity contribution in [2.24, 2.45) is 0 Å². The van der Waals surface area contributed by atoms with Crippen molar-refractivity contribution >= 4 is 34.9 Å². The van der Waals surface area contributed by atoms with Gasteiger partial charge >= 0.3 is 0 Å². The highest BCUT2D eigenvalue weighted by Gasteiger charge is 2.00. The first-order valence-electron chi connectivity index (χ1n) is 4.82. The third-order valence-electron chi connectivity index (χ3n) is 2.06. The lowest BCUT2D eigenvalue weighted by atomic mass is 10.1. The van der Waals surface area contributed by atoms with Crippen LogP contribution in [0.25, 0.3) is 0 Å². The molecule has 0 bridgehead atoms. The van der Waals surface area contributed by atoms with Crippen LogP contribution in [0.15, 0.2) is 24.3 Å². The Bertz CT molecular complexity index is 315. The van der Waals surface area contributed by atoms with Gasteiger partial charge in [0, 0.05) is 5.69 Å². The molecule has 0 aliphatic carbocycles. The lowest BCUT2D eigenvalue weighted by molar-refractivity contribution is 0.796. The topological polar surface area (TPSA) is 43.5 Å². The highest BCUT2D eigenvalue weighted by molar-refractivity contribution is 8.11. The molecule has 0 radical (unpaired) electrons. The molecular weight excluding hydrogens is 226 g/mol. The fourth-order valence-corrected chi connectivity index (χ4v) is 1.57. The average molecular weight is 243 g/mol. The molecule has 0 unspecified atom stereocenters. The number of anilines is 1. The van der Waals surface area contributed by atoms with E-state index in [-0.39, 0.29) is 5.48 Å². The predicted molar refractivity (Wildman–Crippen MR) is 73.9 cm³/mol. The minimum Gasteiger partial charge on any atom is -0.412 e.